The number of carbonyl (C=O) groups excluding carboxylic acids is 1. The van der Waals surface area contributed by atoms with E-state index in [1.54, 1.807) is 66.9 Å². The van der Waals surface area contributed by atoms with Gasteiger partial charge in [0.1, 0.15) is 5.76 Å². The summed E-state index contributed by atoms with van der Waals surface area (Å²) in [5.41, 5.74) is 4.12. The Labute approximate surface area is 162 Å². The topological polar surface area (TPSA) is 86.5 Å². The number of rotatable bonds is 5. The molecule has 3 aromatic rings. The van der Waals surface area contributed by atoms with Crippen molar-refractivity contribution in [1.29, 1.82) is 0 Å². The Morgan fingerprint density at radius 1 is 0.926 bits per heavy atom. The molecule has 0 saturated carbocycles. The van der Waals surface area contributed by atoms with Crippen LogP contribution in [0.25, 0.3) is 0 Å². The van der Waals surface area contributed by atoms with Crippen LogP contribution in [0.2, 0.25) is 0 Å². The Kier molecular flexibility index (Phi) is 5.85. The van der Waals surface area contributed by atoms with Crippen LogP contribution in [0.5, 0.6) is 0 Å². The summed E-state index contributed by atoms with van der Waals surface area (Å²) in [7, 11) is 0. The summed E-state index contributed by atoms with van der Waals surface area (Å²) in [4.78, 5) is 12.9. The number of carbonyl (C=O) groups is 1. The summed E-state index contributed by atoms with van der Waals surface area (Å²) in [6.45, 7) is 0.371. The molecule has 0 fully saturated rings. The lowest BCUT2D eigenvalue weighted by Crippen LogP contribution is -2.54. The van der Waals surface area contributed by atoms with Gasteiger partial charge in [0, 0.05) is 0 Å². The Morgan fingerprint density at radius 3 is 2.04 bits per heavy atom. The number of benzene rings is 2. The normalized spacial score (nSPS) is 10.9. The van der Waals surface area contributed by atoms with Crippen LogP contribution < -0.4 is 16.2 Å². The number of nitrogens with one attached hydrogen (secondary N) is 3. The Hall–Kier alpha value is -3.16. The van der Waals surface area contributed by atoms with Gasteiger partial charge in [0.05, 0.1) is 12.8 Å². The van der Waals surface area contributed by atoms with Crippen LogP contribution in [0, 0.1) is 0 Å². The fraction of sp³-hybridized carbons (Fsp3) is 0.100. The minimum Gasteiger partial charge on any atom is -0.467 e. The molecule has 3 rings (SSSR count). The van der Waals surface area contributed by atoms with Gasteiger partial charge in [-0.25, -0.2) is 0 Å². The molecule has 0 atom stereocenters. The molecule has 7 heteroatoms. The molecule has 0 bridgehead atoms. The van der Waals surface area contributed by atoms with Crippen LogP contribution in [-0.2, 0) is 16.9 Å². The third-order valence-electron chi connectivity index (χ3n) is 4.00. The molecular weight excluding hydrogens is 362 g/mol. The average Bonchev–Trinajstić information content (AvgIpc) is 3.25. The zero-order valence-electron chi connectivity index (χ0n) is 14.4. The summed E-state index contributed by atoms with van der Waals surface area (Å²) >= 11 is 5.14. The van der Waals surface area contributed by atoms with Crippen molar-refractivity contribution in [1.82, 2.24) is 16.2 Å². The van der Waals surface area contributed by atoms with Gasteiger partial charge in [0.15, 0.2) is 10.7 Å². The number of furan rings is 1. The minimum absolute atomic E-state index is 0.197. The molecule has 138 valence electrons. The van der Waals surface area contributed by atoms with Crippen LogP contribution in [0.1, 0.15) is 16.9 Å². The van der Waals surface area contributed by atoms with Crippen molar-refractivity contribution in [3.8, 4) is 0 Å². The van der Waals surface area contributed by atoms with Gasteiger partial charge in [-0.2, -0.15) is 0 Å². The van der Waals surface area contributed by atoms with Crippen molar-refractivity contribution < 1.29 is 14.3 Å². The zero-order chi connectivity index (χ0) is 19.1. The smallest absolute Gasteiger partial charge is 0.279 e. The van der Waals surface area contributed by atoms with E-state index in [1.165, 1.54) is 0 Å². The second kappa shape index (κ2) is 8.48. The van der Waals surface area contributed by atoms with E-state index in [1.807, 2.05) is 12.1 Å². The Balaban J connectivity index is 1.71. The highest BCUT2D eigenvalue weighted by atomic mass is 32.1. The van der Waals surface area contributed by atoms with Gasteiger partial charge in [-0.1, -0.05) is 60.7 Å². The lowest BCUT2D eigenvalue weighted by Gasteiger charge is -2.28. The largest absolute Gasteiger partial charge is 0.467 e. The second-order valence-electron chi connectivity index (χ2n) is 5.78. The van der Waals surface area contributed by atoms with E-state index >= 15 is 0 Å². The molecule has 0 saturated heterocycles. The van der Waals surface area contributed by atoms with Crippen LogP contribution in [0.15, 0.2) is 83.5 Å². The zero-order valence-corrected chi connectivity index (χ0v) is 15.2. The lowest BCUT2D eigenvalue weighted by molar-refractivity contribution is -0.137. The first-order chi connectivity index (χ1) is 13.1. The highest BCUT2D eigenvalue weighted by Crippen LogP contribution is 2.29. The first-order valence-corrected chi connectivity index (χ1v) is 8.71. The quantitative estimate of drug-likeness (QED) is 0.401. The summed E-state index contributed by atoms with van der Waals surface area (Å²) in [6, 6.07) is 21.0. The molecule has 0 aliphatic rings. The van der Waals surface area contributed by atoms with Gasteiger partial charge in [0.2, 0.25) is 0 Å². The molecule has 27 heavy (non-hydrogen) atoms. The molecular formula is C20H19N3O3S. The third-order valence-corrected chi connectivity index (χ3v) is 4.25. The van der Waals surface area contributed by atoms with E-state index in [0.717, 1.165) is 0 Å². The highest BCUT2D eigenvalue weighted by molar-refractivity contribution is 7.80. The maximum atomic E-state index is 12.9. The second-order valence-corrected chi connectivity index (χ2v) is 6.19. The number of hydrazine groups is 1. The van der Waals surface area contributed by atoms with Gasteiger partial charge >= 0.3 is 0 Å². The Morgan fingerprint density at radius 2 is 1.52 bits per heavy atom. The molecule has 1 aromatic heterocycles. The fourth-order valence-electron chi connectivity index (χ4n) is 2.62. The van der Waals surface area contributed by atoms with Crippen molar-refractivity contribution >= 4 is 23.2 Å². The van der Waals surface area contributed by atoms with E-state index < -0.39 is 11.5 Å². The van der Waals surface area contributed by atoms with E-state index in [4.69, 9.17) is 16.6 Å². The van der Waals surface area contributed by atoms with Crippen LogP contribution in [0.4, 0.5) is 0 Å². The third kappa shape index (κ3) is 4.33. The molecule has 2 aromatic carbocycles. The van der Waals surface area contributed by atoms with Crippen molar-refractivity contribution in [3.05, 3.63) is 95.9 Å². The first kappa shape index (κ1) is 18.6. The monoisotopic (exact) mass is 381 g/mol. The van der Waals surface area contributed by atoms with Gasteiger partial charge < -0.3 is 14.8 Å². The fourth-order valence-corrected chi connectivity index (χ4v) is 2.74. The van der Waals surface area contributed by atoms with Crippen LogP contribution in [0.3, 0.4) is 0 Å². The number of thiocarbonyl (C=S) groups is 1. The summed E-state index contributed by atoms with van der Waals surface area (Å²) in [6.07, 6.45) is 1.56. The van der Waals surface area contributed by atoms with Crippen molar-refractivity contribution in [2.45, 2.75) is 12.1 Å². The lowest BCUT2D eigenvalue weighted by atomic mass is 9.85. The maximum Gasteiger partial charge on any atom is 0.279 e. The standard InChI is InChI=1S/C20H19N3O3S/c24-18(22-23-19(27)21-14-17-12-7-13-26-17)20(25,15-8-3-1-4-9-15)16-10-5-2-6-11-16/h1-13,25H,14H2,(H,22,24)(H2,21,23,27). The number of hydrogen-bond acceptors (Lipinski definition) is 4. The molecule has 0 aliphatic heterocycles. The Bertz CT molecular complexity index is 844. The number of hydrogen-bond donors (Lipinski definition) is 4. The van der Waals surface area contributed by atoms with Crippen molar-refractivity contribution in [2.24, 2.45) is 0 Å². The average molecular weight is 381 g/mol. The first-order valence-electron chi connectivity index (χ1n) is 8.31. The molecule has 1 heterocycles. The molecule has 0 aliphatic carbocycles. The van der Waals surface area contributed by atoms with E-state index in [-0.39, 0.29) is 5.11 Å². The SMILES string of the molecule is O=C(NNC(=S)NCc1ccco1)C(O)(c1ccccc1)c1ccccc1. The molecule has 0 unspecified atom stereocenters. The summed E-state index contributed by atoms with van der Waals surface area (Å²) in [5.74, 6) is 0.0533. The van der Waals surface area contributed by atoms with E-state index in [0.29, 0.717) is 23.4 Å². The van der Waals surface area contributed by atoms with Gasteiger partial charge in [-0.15, -0.1) is 0 Å². The summed E-state index contributed by atoms with van der Waals surface area (Å²) < 4.78 is 5.20. The molecule has 0 spiro atoms. The van der Waals surface area contributed by atoms with E-state index in [2.05, 4.69) is 16.2 Å². The summed E-state index contributed by atoms with van der Waals surface area (Å²) in [5, 5.41) is 14.4. The maximum absolute atomic E-state index is 12.9. The van der Waals surface area contributed by atoms with Gasteiger partial charge in [0.25, 0.3) is 5.91 Å². The molecule has 6 nitrogen and oxygen atoms in total. The molecule has 1 amide bonds. The minimum atomic E-state index is -1.87. The van der Waals surface area contributed by atoms with E-state index in [9.17, 15) is 9.90 Å². The van der Waals surface area contributed by atoms with Gasteiger partial charge in [-0.3, -0.25) is 15.6 Å². The van der Waals surface area contributed by atoms with Crippen molar-refractivity contribution in [2.75, 3.05) is 0 Å². The number of aliphatic hydroxyl groups is 1. The van der Waals surface area contributed by atoms with Gasteiger partial charge in [-0.05, 0) is 35.5 Å². The molecule has 0 radical (unpaired) electrons. The number of amides is 1. The highest BCUT2D eigenvalue weighted by Gasteiger charge is 2.40. The van der Waals surface area contributed by atoms with Crippen molar-refractivity contribution in [3.63, 3.8) is 0 Å². The predicted octanol–water partition coefficient (Wildman–Crippen LogP) is 2.21. The predicted molar refractivity (Wildman–Crippen MR) is 105 cm³/mol. The molecule has 4 N–H and O–H groups in total. The van der Waals surface area contributed by atoms with Crippen LogP contribution >= 0.6 is 12.2 Å². The van der Waals surface area contributed by atoms with Crippen LogP contribution in [-0.4, -0.2) is 16.1 Å².